The third-order valence-electron chi connectivity index (χ3n) is 3.13. The van der Waals surface area contributed by atoms with Gasteiger partial charge in [0, 0.05) is 23.8 Å². The first-order chi connectivity index (χ1) is 8.74. The van der Waals surface area contributed by atoms with Crippen molar-refractivity contribution in [1.82, 2.24) is 9.97 Å². The zero-order valence-corrected chi connectivity index (χ0v) is 11.2. The molecule has 0 saturated heterocycles. The molecule has 18 heavy (non-hydrogen) atoms. The van der Waals surface area contributed by atoms with E-state index in [1.165, 1.54) is 24.0 Å². The predicted octanol–water partition coefficient (Wildman–Crippen LogP) is 3.66. The highest BCUT2D eigenvalue weighted by molar-refractivity contribution is 5.14. The average molecular weight is 240 g/mol. The fourth-order valence-corrected chi connectivity index (χ4v) is 1.95. The summed E-state index contributed by atoms with van der Waals surface area (Å²) in [5, 5.41) is 0. The van der Waals surface area contributed by atoms with Gasteiger partial charge in [-0.3, -0.25) is 9.97 Å². The van der Waals surface area contributed by atoms with Gasteiger partial charge in [0.2, 0.25) is 0 Å². The molecule has 0 spiro atoms. The van der Waals surface area contributed by atoms with Crippen molar-refractivity contribution in [2.75, 3.05) is 0 Å². The molecule has 0 aliphatic carbocycles. The molecule has 0 fully saturated rings. The summed E-state index contributed by atoms with van der Waals surface area (Å²) in [5.74, 6) is 0. The van der Waals surface area contributed by atoms with E-state index in [1.54, 1.807) is 0 Å². The highest BCUT2D eigenvalue weighted by Gasteiger charge is 1.96. The molecule has 0 saturated carbocycles. The van der Waals surface area contributed by atoms with Gasteiger partial charge < -0.3 is 0 Å². The number of aromatic nitrogens is 2. The molecule has 0 aromatic carbocycles. The standard InChI is InChI=1S/C16H20N2/c1-13-7-9-15(11-17-13)5-3-4-6-16-10-8-14(2)18-12-16/h7-12H,3-6H2,1-2H3. The highest BCUT2D eigenvalue weighted by atomic mass is 14.7. The van der Waals surface area contributed by atoms with Gasteiger partial charge in [0.1, 0.15) is 0 Å². The molecule has 0 atom stereocenters. The lowest BCUT2D eigenvalue weighted by molar-refractivity contribution is 0.730. The van der Waals surface area contributed by atoms with Crippen LogP contribution in [0.1, 0.15) is 35.4 Å². The number of rotatable bonds is 5. The lowest BCUT2D eigenvalue weighted by Gasteiger charge is -2.03. The quantitative estimate of drug-likeness (QED) is 0.745. The largest absolute Gasteiger partial charge is 0.261 e. The Hall–Kier alpha value is -1.70. The van der Waals surface area contributed by atoms with Crippen LogP contribution in [0.4, 0.5) is 0 Å². The Kier molecular flexibility index (Phi) is 4.46. The molecule has 0 bridgehead atoms. The Morgan fingerprint density at radius 1 is 0.722 bits per heavy atom. The summed E-state index contributed by atoms with van der Waals surface area (Å²) in [5.41, 5.74) is 4.85. The molecule has 2 aromatic rings. The van der Waals surface area contributed by atoms with Gasteiger partial charge >= 0.3 is 0 Å². The Bertz CT molecular complexity index is 424. The second-order valence-corrected chi connectivity index (χ2v) is 4.82. The van der Waals surface area contributed by atoms with Gasteiger partial charge in [-0.1, -0.05) is 12.1 Å². The van der Waals surface area contributed by atoms with Crippen molar-refractivity contribution in [1.29, 1.82) is 0 Å². The van der Waals surface area contributed by atoms with Gasteiger partial charge in [-0.05, 0) is 62.8 Å². The minimum atomic E-state index is 1.09. The van der Waals surface area contributed by atoms with Crippen LogP contribution in [0.3, 0.4) is 0 Å². The summed E-state index contributed by atoms with van der Waals surface area (Å²) in [4.78, 5) is 8.63. The summed E-state index contributed by atoms with van der Waals surface area (Å²) in [7, 11) is 0. The molecular weight excluding hydrogens is 220 g/mol. The average Bonchev–Trinajstić information content (AvgIpc) is 2.39. The summed E-state index contributed by atoms with van der Waals surface area (Å²) in [6.45, 7) is 4.04. The SMILES string of the molecule is Cc1ccc(CCCCc2ccc(C)nc2)cn1. The monoisotopic (exact) mass is 240 g/mol. The number of aryl methyl sites for hydroxylation is 4. The van der Waals surface area contributed by atoms with Gasteiger partial charge in [-0.2, -0.15) is 0 Å². The van der Waals surface area contributed by atoms with E-state index >= 15 is 0 Å². The van der Waals surface area contributed by atoms with E-state index in [9.17, 15) is 0 Å². The first-order valence-electron chi connectivity index (χ1n) is 6.57. The number of unbranched alkanes of at least 4 members (excludes halogenated alkanes) is 1. The van der Waals surface area contributed by atoms with Gasteiger partial charge in [0.05, 0.1) is 0 Å². The van der Waals surface area contributed by atoms with E-state index in [0.717, 1.165) is 24.2 Å². The Morgan fingerprint density at radius 2 is 1.17 bits per heavy atom. The lowest BCUT2D eigenvalue weighted by atomic mass is 10.1. The zero-order chi connectivity index (χ0) is 12.8. The third kappa shape index (κ3) is 3.95. The van der Waals surface area contributed by atoms with Crippen LogP contribution < -0.4 is 0 Å². The van der Waals surface area contributed by atoms with Crippen molar-refractivity contribution in [3.8, 4) is 0 Å². The fraction of sp³-hybridized carbons (Fsp3) is 0.375. The van der Waals surface area contributed by atoms with Crippen LogP contribution in [0.25, 0.3) is 0 Å². The molecule has 2 aromatic heterocycles. The van der Waals surface area contributed by atoms with Crippen LogP contribution in [-0.4, -0.2) is 9.97 Å². The molecule has 2 heterocycles. The Morgan fingerprint density at radius 3 is 1.50 bits per heavy atom. The van der Waals surface area contributed by atoms with E-state index in [4.69, 9.17) is 0 Å². The highest BCUT2D eigenvalue weighted by Crippen LogP contribution is 2.09. The summed E-state index contributed by atoms with van der Waals surface area (Å²) < 4.78 is 0. The molecule has 2 nitrogen and oxygen atoms in total. The van der Waals surface area contributed by atoms with E-state index in [0.29, 0.717) is 0 Å². The normalized spacial score (nSPS) is 10.6. The van der Waals surface area contributed by atoms with Gasteiger partial charge in [0.15, 0.2) is 0 Å². The minimum absolute atomic E-state index is 1.09. The van der Waals surface area contributed by atoms with Crippen LogP contribution in [0.15, 0.2) is 36.7 Å². The van der Waals surface area contributed by atoms with Gasteiger partial charge in [-0.15, -0.1) is 0 Å². The smallest absolute Gasteiger partial charge is 0.0372 e. The van der Waals surface area contributed by atoms with Crippen LogP contribution in [0, 0.1) is 13.8 Å². The molecule has 0 aliphatic rings. The Labute approximate surface area is 109 Å². The molecule has 0 aliphatic heterocycles. The number of nitrogens with zero attached hydrogens (tertiary/aromatic N) is 2. The van der Waals surface area contributed by atoms with Crippen molar-refractivity contribution in [3.63, 3.8) is 0 Å². The maximum absolute atomic E-state index is 4.32. The number of pyridine rings is 2. The molecule has 94 valence electrons. The van der Waals surface area contributed by atoms with E-state index < -0.39 is 0 Å². The molecule has 2 heteroatoms. The predicted molar refractivity (Wildman–Crippen MR) is 74.6 cm³/mol. The van der Waals surface area contributed by atoms with Crippen molar-refractivity contribution in [3.05, 3.63) is 59.2 Å². The molecular formula is C16H20N2. The first-order valence-corrected chi connectivity index (χ1v) is 6.57. The maximum atomic E-state index is 4.32. The minimum Gasteiger partial charge on any atom is -0.261 e. The van der Waals surface area contributed by atoms with Gasteiger partial charge in [0.25, 0.3) is 0 Å². The molecule has 2 rings (SSSR count). The van der Waals surface area contributed by atoms with E-state index in [-0.39, 0.29) is 0 Å². The van der Waals surface area contributed by atoms with E-state index in [2.05, 4.69) is 34.2 Å². The van der Waals surface area contributed by atoms with Crippen molar-refractivity contribution >= 4 is 0 Å². The van der Waals surface area contributed by atoms with Gasteiger partial charge in [-0.25, -0.2) is 0 Å². The molecule has 0 radical (unpaired) electrons. The van der Waals surface area contributed by atoms with Crippen LogP contribution in [0.5, 0.6) is 0 Å². The van der Waals surface area contributed by atoms with E-state index in [1.807, 2.05) is 26.2 Å². The summed E-state index contributed by atoms with van der Waals surface area (Å²) in [6.07, 6.45) is 8.63. The summed E-state index contributed by atoms with van der Waals surface area (Å²) in [6, 6.07) is 8.52. The molecule has 0 N–H and O–H groups in total. The second kappa shape index (κ2) is 6.29. The third-order valence-corrected chi connectivity index (χ3v) is 3.13. The second-order valence-electron chi connectivity index (χ2n) is 4.82. The molecule has 0 amide bonds. The number of hydrogen-bond donors (Lipinski definition) is 0. The first kappa shape index (κ1) is 12.7. The van der Waals surface area contributed by atoms with Crippen molar-refractivity contribution in [2.45, 2.75) is 39.5 Å². The summed E-state index contributed by atoms with van der Waals surface area (Å²) >= 11 is 0. The van der Waals surface area contributed by atoms with Crippen molar-refractivity contribution < 1.29 is 0 Å². The maximum Gasteiger partial charge on any atom is 0.0372 e. The van der Waals surface area contributed by atoms with Crippen LogP contribution >= 0.6 is 0 Å². The zero-order valence-electron chi connectivity index (χ0n) is 11.2. The fourth-order valence-electron chi connectivity index (χ4n) is 1.95. The number of hydrogen-bond acceptors (Lipinski definition) is 2. The molecule has 0 unspecified atom stereocenters. The topological polar surface area (TPSA) is 25.8 Å². The van der Waals surface area contributed by atoms with Crippen LogP contribution in [-0.2, 0) is 12.8 Å². The lowest BCUT2D eigenvalue weighted by Crippen LogP contribution is -1.92. The Balaban J connectivity index is 1.73. The van der Waals surface area contributed by atoms with Crippen LogP contribution in [0.2, 0.25) is 0 Å². The van der Waals surface area contributed by atoms with Crippen molar-refractivity contribution in [2.24, 2.45) is 0 Å².